The van der Waals surface area contributed by atoms with Crippen molar-refractivity contribution >= 4 is 17.6 Å². The fourth-order valence-electron chi connectivity index (χ4n) is 1.92. The molecule has 0 aliphatic rings. The van der Waals surface area contributed by atoms with E-state index >= 15 is 0 Å². The van der Waals surface area contributed by atoms with Crippen LogP contribution in [-0.4, -0.2) is 25.0 Å². The Morgan fingerprint density at radius 1 is 0.958 bits per heavy atom. The molecule has 2 aromatic carbocycles. The number of urea groups is 1. The molecule has 3 N–H and O–H groups in total. The van der Waals surface area contributed by atoms with Crippen LogP contribution in [0.2, 0.25) is 0 Å². The van der Waals surface area contributed by atoms with Crippen LogP contribution in [0.15, 0.2) is 42.5 Å². The van der Waals surface area contributed by atoms with Gasteiger partial charge in [0.15, 0.2) is 0 Å². The standard InChI is InChI=1S/C17H17F2N3O2/c1-11-6-7-12(10-14(11)19)16(23)20-8-9-21-17(24)22-15-5-3-2-4-13(15)18/h2-7,10H,8-9H2,1H3,(H,20,23)(H2,21,22,24). The molecule has 2 aromatic rings. The van der Waals surface area contributed by atoms with E-state index in [1.54, 1.807) is 13.0 Å². The van der Waals surface area contributed by atoms with Crippen molar-refractivity contribution in [1.82, 2.24) is 10.6 Å². The van der Waals surface area contributed by atoms with Gasteiger partial charge in [0, 0.05) is 18.7 Å². The van der Waals surface area contributed by atoms with Crippen LogP contribution in [0.25, 0.3) is 0 Å². The molecule has 7 heteroatoms. The number of carbonyl (C=O) groups excluding carboxylic acids is 2. The van der Waals surface area contributed by atoms with Crippen molar-refractivity contribution in [1.29, 1.82) is 0 Å². The third kappa shape index (κ3) is 4.77. The molecule has 0 bridgehead atoms. The van der Waals surface area contributed by atoms with Gasteiger partial charge in [-0.15, -0.1) is 0 Å². The molecule has 0 aliphatic heterocycles. The number of aryl methyl sites for hydroxylation is 1. The zero-order valence-electron chi connectivity index (χ0n) is 13.0. The topological polar surface area (TPSA) is 70.2 Å². The number of halogens is 2. The SMILES string of the molecule is Cc1ccc(C(=O)NCCNC(=O)Nc2ccccc2F)cc1F. The van der Waals surface area contributed by atoms with E-state index in [-0.39, 0.29) is 24.3 Å². The van der Waals surface area contributed by atoms with E-state index in [0.29, 0.717) is 5.56 Å². The summed E-state index contributed by atoms with van der Waals surface area (Å²) in [5, 5.41) is 7.39. The molecule has 0 spiro atoms. The maximum atomic E-state index is 13.4. The number of nitrogens with one attached hydrogen (secondary N) is 3. The molecule has 0 atom stereocenters. The van der Waals surface area contributed by atoms with Crippen LogP contribution in [0.5, 0.6) is 0 Å². The molecule has 0 radical (unpaired) electrons. The van der Waals surface area contributed by atoms with Crippen molar-refractivity contribution in [3.63, 3.8) is 0 Å². The second kappa shape index (κ2) is 8.05. The summed E-state index contributed by atoms with van der Waals surface area (Å²) in [5.41, 5.74) is 0.723. The Kier molecular flexibility index (Phi) is 5.83. The van der Waals surface area contributed by atoms with Crippen LogP contribution < -0.4 is 16.0 Å². The van der Waals surface area contributed by atoms with Crippen LogP contribution in [0, 0.1) is 18.6 Å². The highest BCUT2D eigenvalue weighted by Gasteiger charge is 2.08. The molecule has 2 rings (SSSR count). The number of carbonyl (C=O) groups is 2. The van der Waals surface area contributed by atoms with Gasteiger partial charge in [-0.25, -0.2) is 13.6 Å². The van der Waals surface area contributed by atoms with E-state index in [1.165, 1.54) is 30.3 Å². The van der Waals surface area contributed by atoms with E-state index in [2.05, 4.69) is 16.0 Å². The van der Waals surface area contributed by atoms with Crippen molar-refractivity contribution in [3.05, 3.63) is 65.2 Å². The van der Waals surface area contributed by atoms with E-state index in [0.717, 1.165) is 6.07 Å². The van der Waals surface area contributed by atoms with Gasteiger partial charge in [-0.3, -0.25) is 4.79 Å². The second-order valence-corrected chi connectivity index (χ2v) is 5.08. The van der Waals surface area contributed by atoms with Gasteiger partial charge in [0.25, 0.3) is 5.91 Å². The summed E-state index contributed by atoms with van der Waals surface area (Å²) in [5.74, 6) is -1.43. The third-order valence-electron chi connectivity index (χ3n) is 3.25. The van der Waals surface area contributed by atoms with Gasteiger partial charge < -0.3 is 16.0 Å². The summed E-state index contributed by atoms with van der Waals surface area (Å²) in [6.45, 7) is 1.90. The van der Waals surface area contributed by atoms with Gasteiger partial charge in [-0.1, -0.05) is 18.2 Å². The zero-order chi connectivity index (χ0) is 17.5. The molecule has 0 fully saturated rings. The summed E-state index contributed by atoms with van der Waals surface area (Å²) >= 11 is 0. The minimum Gasteiger partial charge on any atom is -0.350 e. The monoisotopic (exact) mass is 333 g/mol. The van der Waals surface area contributed by atoms with Crippen molar-refractivity contribution in [2.45, 2.75) is 6.92 Å². The van der Waals surface area contributed by atoms with Crippen LogP contribution in [0.3, 0.4) is 0 Å². The van der Waals surface area contributed by atoms with Crippen molar-refractivity contribution in [3.8, 4) is 0 Å². The van der Waals surface area contributed by atoms with Gasteiger partial charge in [-0.05, 0) is 36.8 Å². The molecule has 5 nitrogen and oxygen atoms in total. The van der Waals surface area contributed by atoms with E-state index < -0.39 is 23.6 Å². The summed E-state index contributed by atoms with van der Waals surface area (Å²) < 4.78 is 26.8. The Hall–Kier alpha value is -2.96. The van der Waals surface area contributed by atoms with Crippen molar-refractivity contribution in [2.75, 3.05) is 18.4 Å². The minimum absolute atomic E-state index is 0.0640. The number of benzene rings is 2. The van der Waals surface area contributed by atoms with Crippen LogP contribution >= 0.6 is 0 Å². The summed E-state index contributed by atoms with van der Waals surface area (Å²) in [4.78, 5) is 23.4. The molecule has 0 heterocycles. The first-order valence-electron chi connectivity index (χ1n) is 7.31. The maximum absolute atomic E-state index is 13.4. The highest BCUT2D eigenvalue weighted by Crippen LogP contribution is 2.11. The quantitative estimate of drug-likeness (QED) is 0.737. The number of hydrogen-bond acceptors (Lipinski definition) is 2. The number of amides is 3. The van der Waals surface area contributed by atoms with E-state index in [9.17, 15) is 18.4 Å². The van der Waals surface area contributed by atoms with Crippen LogP contribution in [-0.2, 0) is 0 Å². The first-order chi connectivity index (χ1) is 11.5. The molecule has 0 aliphatic carbocycles. The van der Waals surface area contributed by atoms with Gasteiger partial charge >= 0.3 is 6.03 Å². The lowest BCUT2D eigenvalue weighted by Gasteiger charge is -2.09. The van der Waals surface area contributed by atoms with Crippen molar-refractivity contribution < 1.29 is 18.4 Å². The van der Waals surface area contributed by atoms with Crippen LogP contribution in [0.1, 0.15) is 15.9 Å². The fraction of sp³-hybridized carbons (Fsp3) is 0.176. The first kappa shape index (κ1) is 17.4. The Labute approximate surface area is 138 Å². The predicted octanol–water partition coefficient (Wildman–Crippen LogP) is 2.82. The van der Waals surface area contributed by atoms with Crippen molar-refractivity contribution in [2.24, 2.45) is 0 Å². The molecule has 24 heavy (non-hydrogen) atoms. The highest BCUT2D eigenvalue weighted by molar-refractivity contribution is 5.94. The smallest absolute Gasteiger partial charge is 0.319 e. The fourth-order valence-corrected chi connectivity index (χ4v) is 1.92. The predicted molar refractivity (Wildman–Crippen MR) is 86.9 cm³/mol. The maximum Gasteiger partial charge on any atom is 0.319 e. The molecular formula is C17H17F2N3O2. The summed E-state index contributed by atoms with van der Waals surface area (Å²) in [6.07, 6.45) is 0. The van der Waals surface area contributed by atoms with Crippen LogP contribution in [0.4, 0.5) is 19.3 Å². The average molecular weight is 333 g/mol. The summed E-state index contributed by atoms with van der Waals surface area (Å²) in [7, 11) is 0. The molecule has 0 aromatic heterocycles. The molecule has 0 saturated carbocycles. The number of anilines is 1. The van der Waals surface area contributed by atoms with E-state index in [1.807, 2.05) is 0 Å². The Morgan fingerprint density at radius 3 is 2.38 bits per heavy atom. The van der Waals surface area contributed by atoms with E-state index in [4.69, 9.17) is 0 Å². The molecule has 126 valence electrons. The molecule has 0 saturated heterocycles. The Bertz CT molecular complexity index is 750. The number of para-hydroxylation sites is 1. The zero-order valence-corrected chi connectivity index (χ0v) is 13.0. The molecule has 3 amide bonds. The second-order valence-electron chi connectivity index (χ2n) is 5.08. The van der Waals surface area contributed by atoms with Gasteiger partial charge in [0.05, 0.1) is 5.69 Å². The highest BCUT2D eigenvalue weighted by atomic mass is 19.1. The van der Waals surface area contributed by atoms with Gasteiger partial charge in [0.2, 0.25) is 0 Å². The number of rotatable bonds is 5. The minimum atomic E-state index is -0.587. The largest absolute Gasteiger partial charge is 0.350 e. The first-order valence-corrected chi connectivity index (χ1v) is 7.31. The Balaban J connectivity index is 1.74. The lowest BCUT2D eigenvalue weighted by atomic mass is 10.1. The van der Waals surface area contributed by atoms with Gasteiger partial charge in [-0.2, -0.15) is 0 Å². The van der Waals surface area contributed by atoms with Gasteiger partial charge in [0.1, 0.15) is 11.6 Å². The normalized spacial score (nSPS) is 10.1. The molecule has 0 unspecified atom stereocenters. The Morgan fingerprint density at radius 2 is 1.67 bits per heavy atom. The third-order valence-corrected chi connectivity index (χ3v) is 3.25. The summed E-state index contributed by atoms with van der Waals surface area (Å²) in [6, 6.07) is 9.38. The lowest BCUT2D eigenvalue weighted by molar-refractivity contribution is 0.0953. The molecular weight excluding hydrogens is 316 g/mol. The number of hydrogen-bond donors (Lipinski definition) is 3. The average Bonchev–Trinajstić information content (AvgIpc) is 2.56. The lowest BCUT2D eigenvalue weighted by Crippen LogP contribution is -2.37.